The van der Waals surface area contributed by atoms with E-state index in [1.165, 1.54) is 50.5 Å². The predicted molar refractivity (Wildman–Crippen MR) is 133 cm³/mol. The number of rotatable bonds is 11. The van der Waals surface area contributed by atoms with Crippen LogP contribution < -0.4 is 15.5 Å². The molecule has 0 atom stereocenters. The normalized spacial score (nSPS) is 14.3. The van der Waals surface area contributed by atoms with Crippen LogP contribution in [0.25, 0.3) is 6.08 Å². The second kappa shape index (κ2) is 12.5. The highest BCUT2D eigenvalue weighted by Gasteiger charge is 2.20. The first-order valence-corrected chi connectivity index (χ1v) is 12.4. The maximum Gasteiger partial charge on any atom is 0.262 e. The lowest BCUT2D eigenvalue weighted by Crippen LogP contribution is -3.12. The van der Waals surface area contributed by atoms with Crippen LogP contribution in [0.2, 0.25) is 0 Å². The van der Waals surface area contributed by atoms with Gasteiger partial charge in [-0.15, -0.1) is 0 Å². The largest absolute Gasteiger partial charge is 0.346 e. The van der Waals surface area contributed by atoms with E-state index in [9.17, 15) is 9.59 Å². The van der Waals surface area contributed by atoms with Crippen molar-refractivity contribution in [2.45, 2.75) is 44.4 Å². The van der Waals surface area contributed by atoms with Crippen LogP contribution in [-0.2, 0) is 4.79 Å². The van der Waals surface area contributed by atoms with Crippen molar-refractivity contribution >= 4 is 35.3 Å². The van der Waals surface area contributed by atoms with E-state index in [-0.39, 0.29) is 11.8 Å². The van der Waals surface area contributed by atoms with Gasteiger partial charge in [-0.25, -0.2) is 0 Å². The minimum Gasteiger partial charge on any atom is -0.346 e. The Balaban J connectivity index is 1.54. The van der Waals surface area contributed by atoms with Gasteiger partial charge < -0.3 is 15.5 Å². The van der Waals surface area contributed by atoms with Gasteiger partial charge in [0, 0.05) is 10.5 Å². The Morgan fingerprint density at radius 3 is 2.38 bits per heavy atom. The van der Waals surface area contributed by atoms with E-state index >= 15 is 0 Å². The number of thioether (sulfide) groups is 1. The van der Waals surface area contributed by atoms with Crippen LogP contribution in [0.5, 0.6) is 0 Å². The molecule has 2 amide bonds. The number of anilines is 1. The first-order chi connectivity index (χ1) is 15.6. The highest BCUT2D eigenvalue weighted by atomic mass is 32.2. The molecule has 2 aromatic carbocycles. The minimum atomic E-state index is -0.103. The third kappa shape index (κ3) is 6.97. The van der Waals surface area contributed by atoms with E-state index in [0.29, 0.717) is 17.0 Å². The van der Waals surface area contributed by atoms with Gasteiger partial charge in [-0.05, 0) is 48.7 Å². The SMILES string of the molecule is CCCC[NH+](CCCC)CCNC(=O)c1ccc(C=C2Sc3ccccc3NC2=O)cc1. The van der Waals surface area contributed by atoms with E-state index in [1.807, 2.05) is 54.6 Å². The Labute approximate surface area is 195 Å². The summed E-state index contributed by atoms with van der Waals surface area (Å²) in [6.07, 6.45) is 6.73. The summed E-state index contributed by atoms with van der Waals surface area (Å²) in [5, 5.41) is 5.98. The van der Waals surface area contributed by atoms with Crippen molar-refractivity contribution in [2.75, 3.05) is 31.5 Å². The van der Waals surface area contributed by atoms with Gasteiger partial charge in [-0.2, -0.15) is 0 Å². The highest BCUT2D eigenvalue weighted by Crippen LogP contribution is 2.38. The number of hydrogen-bond donors (Lipinski definition) is 3. The molecule has 0 spiro atoms. The first kappa shape index (κ1) is 24.1. The molecule has 1 aliphatic rings. The number of unbranched alkanes of at least 4 members (excludes halogenated alkanes) is 2. The summed E-state index contributed by atoms with van der Waals surface area (Å²) in [7, 11) is 0. The van der Waals surface area contributed by atoms with Gasteiger partial charge in [0.1, 0.15) is 0 Å². The van der Waals surface area contributed by atoms with Crippen LogP contribution in [-0.4, -0.2) is 38.0 Å². The second-order valence-corrected chi connectivity index (χ2v) is 9.23. The van der Waals surface area contributed by atoms with Gasteiger partial charge in [-0.1, -0.05) is 62.7 Å². The van der Waals surface area contributed by atoms with Crippen LogP contribution >= 0.6 is 11.8 Å². The summed E-state index contributed by atoms with van der Waals surface area (Å²) < 4.78 is 0. The fourth-order valence-electron chi connectivity index (χ4n) is 3.67. The standard InChI is InChI=1S/C26H33N3O2S/c1-3-5-16-29(17-6-4-2)18-15-27-25(30)21-13-11-20(12-14-21)19-24-26(31)28-22-9-7-8-10-23(22)32-24/h7-14,19H,3-6,15-18H2,1-2H3,(H,27,30)(H,28,31)/p+1. The van der Waals surface area contributed by atoms with Gasteiger partial charge in [0.2, 0.25) is 0 Å². The Kier molecular flexibility index (Phi) is 9.38. The molecular formula is C26H34N3O2S+. The van der Waals surface area contributed by atoms with Crippen molar-refractivity contribution in [2.24, 2.45) is 0 Å². The molecule has 3 N–H and O–H groups in total. The molecule has 0 radical (unpaired) electrons. The number of nitrogens with one attached hydrogen (secondary N) is 3. The van der Waals surface area contributed by atoms with Gasteiger partial charge >= 0.3 is 0 Å². The van der Waals surface area contributed by atoms with Crippen LogP contribution in [0.3, 0.4) is 0 Å². The maximum atomic E-state index is 12.5. The fourth-order valence-corrected chi connectivity index (χ4v) is 4.62. The Morgan fingerprint density at radius 2 is 1.69 bits per heavy atom. The van der Waals surface area contributed by atoms with E-state index in [4.69, 9.17) is 0 Å². The number of carbonyl (C=O) groups is 2. The smallest absolute Gasteiger partial charge is 0.262 e. The van der Waals surface area contributed by atoms with Crippen LogP contribution in [0.15, 0.2) is 58.3 Å². The number of benzene rings is 2. The van der Waals surface area contributed by atoms with Crippen LogP contribution in [0, 0.1) is 0 Å². The van der Waals surface area contributed by atoms with E-state index < -0.39 is 0 Å². The second-order valence-electron chi connectivity index (χ2n) is 8.15. The lowest BCUT2D eigenvalue weighted by molar-refractivity contribution is -0.899. The third-order valence-electron chi connectivity index (χ3n) is 5.58. The van der Waals surface area contributed by atoms with Crippen molar-refractivity contribution in [3.8, 4) is 0 Å². The molecule has 170 valence electrons. The topological polar surface area (TPSA) is 62.6 Å². The molecule has 32 heavy (non-hydrogen) atoms. The molecule has 1 heterocycles. The summed E-state index contributed by atoms with van der Waals surface area (Å²) in [6.45, 7) is 8.43. The van der Waals surface area contributed by atoms with Gasteiger partial charge in [0.05, 0.1) is 36.8 Å². The fraction of sp³-hybridized carbons (Fsp3) is 0.385. The quantitative estimate of drug-likeness (QED) is 0.452. The molecule has 1 aliphatic heterocycles. The van der Waals surface area contributed by atoms with E-state index in [0.717, 1.165) is 22.7 Å². The summed E-state index contributed by atoms with van der Waals surface area (Å²) in [5.74, 6) is -0.151. The molecule has 0 fully saturated rings. The zero-order valence-corrected chi connectivity index (χ0v) is 19.9. The molecule has 2 aromatic rings. The van der Waals surface area contributed by atoms with Gasteiger partial charge in [0.25, 0.3) is 11.8 Å². The van der Waals surface area contributed by atoms with Crippen molar-refractivity contribution in [3.63, 3.8) is 0 Å². The average Bonchev–Trinajstić information content (AvgIpc) is 2.81. The summed E-state index contributed by atoms with van der Waals surface area (Å²) in [4.78, 5) is 28.2. The number of quaternary nitrogens is 1. The number of hydrogen-bond acceptors (Lipinski definition) is 3. The number of para-hydroxylation sites is 1. The third-order valence-corrected chi connectivity index (χ3v) is 6.68. The molecule has 0 bridgehead atoms. The summed E-state index contributed by atoms with van der Waals surface area (Å²) >= 11 is 1.46. The van der Waals surface area contributed by atoms with Crippen molar-refractivity contribution in [1.29, 1.82) is 0 Å². The molecular weight excluding hydrogens is 418 g/mol. The molecule has 0 saturated carbocycles. The molecule has 0 aromatic heterocycles. The predicted octanol–water partition coefficient (Wildman–Crippen LogP) is 3.99. The van der Waals surface area contributed by atoms with Crippen molar-refractivity contribution in [1.82, 2.24) is 5.32 Å². The average molecular weight is 453 g/mol. The van der Waals surface area contributed by atoms with Crippen molar-refractivity contribution < 1.29 is 14.5 Å². The monoisotopic (exact) mass is 452 g/mol. The van der Waals surface area contributed by atoms with E-state index in [1.54, 1.807) is 4.90 Å². The van der Waals surface area contributed by atoms with Gasteiger partial charge in [-0.3, -0.25) is 9.59 Å². The lowest BCUT2D eigenvalue weighted by atomic mass is 10.1. The molecule has 0 aliphatic carbocycles. The Morgan fingerprint density at radius 1 is 1.00 bits per heavy atom. The molecule has 0 unspecified atom stereocenters. The Bertz CT molecular complexity index is 932. The van der Waals surface area contributed by atoms with Gasteiger partial charge in [0.15, 0.2) is 0 Å². The number of carbonyl (C=O) groups excluding carboxylic acids is 2. The zero-order valence-electron chi connectivity index (χ0n) is 19.1. The number of amides is 2. The zero-order chi connectivity index (χ0) is 22.8. The Hall–Kier alpha value is -2.57. The molecule has 0 saturated heterocycles. The highest BCUT2D eigenvalue weighted by molar-refractivity contribution is 8.04. The van der Waals surface area contributed by atoms with Crippen LogP contribution in [0.4, 0.5) is 5.69 Å². The van der Waals surface area contributed by atoms with Crippen molar-refractivity contribution in [3.05, 3.63) is 64.6 Å². The summed E-state index contributed by atoms with van der Waals surface area (Å²) in [5.41, 5.74) is 2.38. The first-order valence-electron chi connectivity index (χ1n) is 11.6. The lowest BCUT2D eigenvalue weighted by Gasteiger charge is -2.19. The maximum absolute atomic E-state index is 12.5. The summed E-state index contributed by atoms with van der Waals surface area (Å²) in [6, 6.07) is 15.2. The van der Waals surface area contributed by atoms with Crippen LogP contribution in [0.1, 0.15) is 55.5 Å². The molecule has 3 rings (SSSR count). The molecule has 5 nitrogen and oxygen atoms in total. The number of fused-ring (bicyclic) bond motifs is 1. The minimum absolute atomic E-state index is 0.0479. The van der Waals surface area contributed by atoms with E-state index in [2.05, 4.69) is 24.5 Å². The molecule has 6 heteroatoms.